The second-order valence-corrected chi connectivity index (χ2v) is 8.60. The number of amides is 1. The van der Waals surface area contributed by atoms with E-state index < -0.39 is 11.9 Å². The Hall–Kier alpha value is -2.97. The number of nitrogens with one attached hydrogen (secondary N) is 2. The predicted octanol–water partition coefficient (Wildman–Crippen LogP) is 4.39. The molecule has 9 heteroatoms. The molecule has 0 saturated heterocycles. The van der Waals surface area contributed by atoms with Crippen molar-refractivity contribution in [1.29, 1.82) is 0 Å². The number of aromatic nitrogens is 1. The van der Waals surface area contributed by atoms with Gasteiger partial charge in [0.2, 0.25) is 0 Å². The van der Waals surface area contributed by atoms with Crippen LogP contribution in [0.15, 0.2) is 36.4 Å². The van der Waals surface area contributed by atoms with E-state index in [4.69, 9.17) is 0 Å². The summed E-state index contributed by atoms with van der Waals surface area (Å²) in [5.74, 6) is 0.148. The second-order valence-electron chi connectivity index (χ2n) is 8.60. The van der Waals surface area contributed by atoms with E-state index >= 15 is 0 Å². The normalized spacial score (nSPS) is 18.7. The van der Waals surface area contributed by atoms with E-state index in [1.807, 2.05) is 43.3 Å². The van der Waals surface area contributed by atoms with Crippen LogP contribution >= 0.6 is 0 Å². The molecule has 1 aromatic carbocycles. The Bertz CT molecular complexity index is 920. The number of halogens is 3. The molecule has 0 bridgehead atoms. The minimum atomic E-state index is -4.50. The molecule has 1 saturated carbocycles. The third kappa shape index (κ3) is 6.05. The van der Waals surface area contributed by atoms with Crippen LogP contribution in [0.1, 0.15) is 41.7 Å². The lowest BCUT2D eigenvalue weighted by atomic mass is 9.90. The van der Waals surface area contributed by atoms with Gasteiger partial charge in [0.25, 0.3) is 5.91 Å². The van der Waals surface area contributed by atoms with Gasteiger partial charge < -0.3 is 20.4 Å². The standard InChI is InChI=1S/C23H30F3N5O/c1-30(2)19-11-5-15(6-12-19)22(32)28-17-9-7-16(8-10-17)27-18-13-20(23(24,25)26)29-21(14-18)31(3)4/h5-6,11-14,16-17H,7-10H2,1-4H3,(H,27,29)(H,28,32)/t16-,17+. The van der Waals surface area contributed by atoms with Crippen molar-refractivity contribution < 1.29 is 18.0 Å². The van der Waals surface area contributed by atoms with E-state index in [0.29, 0.717) is 11.3 Å². The highest BCUT2D eigenvalue weighted by Crippen LogP contribution is 2.32. The van der Waals surface area contributed by atoms with Crippen molar-refractivity contribution in [1.82, 2.24) is 10.3 Å². The third-order valence-electron chi connectivity index (χ3n) is 5.64. The fourth-order valence-electron chi connectivity index (χ4n) is 3.77. The summed E-state index contributed by atoms with van der Waals surface area (Å²) in [6, 6.07) is 10.2. The molecule has 0 spiro atoms. The molecule has 3 rings (SSSR count). The van der Waals surface area contributed by atoms with Gasteiger partial charge in [-0.1, -0.05) is 0 Å². The van der Waals surface area contributed by atoms with Gasteiger partial charge in [-0.05, 0) is 56.0 Å². The average Bonchev–Trinajstić information content (AvgIpc) is 2.74. The molecule has 2 aromatic rings. The summed E-state index contributed by atoms with van der Waals surface area (Å²) in [5.41, 5.74) is 1.14. The highest BCUT2D eigenvalue weighted by molar-refractivity contribution is 5.94. The fourth-order valence-corrected chi connectivity index (χ4v) is 3.77. The van der Waals surface area contributed by atoms with E-state index in [-0.39, 0.29) is 23.8 Å². The topological polar surface area (TPSA) is 60.5 Å². The van der Waals surface area contributed by atoms with Crippen molar-refractivity contribution in [2.24, 2.45) is 0 Å². The van der Waals surface area contributed by atoms with Gasteiger partial charge in [-0.3, -0.25) is 4.79 Å². The number of benzene rings is 1. The molecular weight excluding hydrogens is 419 g/mol. The third-order valence-corrected chi connectivity index (χ3v) is 5.64. The first-order valence-corrected chi connectivity index (χ1v) is 10.6. The summed E-state index contributed by atoms with van der Waals surface area (Å²) in [6.07, 6.45) is -1.47. The van der Waals surface area contributed by atoms with Crippen molar-refractivity contribution in [3.05, 3.63) is 47.7 Å². The monoisotopic (exact) mass is 449 g/mol. The molecule has 174 valence electrons. The van der Waals surface area contributed by atoms with Gasteiger partial charge in [0.15, 0.2) is 0 Å². The Morgan fingerprint density at radius 2 is 1.53 bits per heavy atom. The summed E-state index contributed by atoms with van der Waals surface area (Å²) >= 11 is 0. The SMILES string of the molecule is CN(C)c1ccc(C(=O)N[C@H]2CC[C@@H](Nc3cc(N(C)C)nc(C(F)(F)F)c3)CC2)cc1. The highest BCUT2D eigenvalue weighted by atomic mass is 19.4. The molecule has 6 nitrogen and oxygen atoms in total. The van der Waals surface area contributed by atoms with Crippen molar-refractivity contribution in [3.63, 3.8) is 0 Å². The number of carbonyl (C=O) groups is 1. The Morgan fingerprint density at radius 3 is 2.06 bits per heavy atom. The fraction of sp³-hybridized carbons (Fsp3) is 0.478. The molecule has 2 N–H and O–H groups in total. The van der Waals surface area contributed by atoms with E-state index in [1.165, 1.54) is 0 Å². The summed E-state index contributed by atoms with van der Waals surface area (Å²) in [4.78, 5) is 19.8. The number of pyridine rings is 1. The van der Waals surface area contributed by atoms with E-state index in [2.05, 4.69) is 15.6 Å². The van der Waals surface area contributed by atoms with Crippen molar-refractivity contribution in [3.8, 4) is 0 Å². The smallest absolute Gasteiger partial charge is 0.382 e. The molecule has 1 fully saturated rings. The number of hydrogen-bond acceptors (Lipinski definition) is 5. The molecule has 1 aromatic heterocycles. The van der Waals surface area contributed by atoms with Gasteiger partial charge in [-0.25, -0.2) is 4.98 Å². The number of hydrogen-bond donors (Lipinski definition) is 2. The summed E-state index contributed by atoms with van der Waals surface area (Å²) in [5, 5.41) is 6.30. The van der Waals surface area contributed by atoms with Gasteiger partial charge in [0.05, 0.1) is 0 Å². The Balaban J connectivity index is 1.57. The molecule has 32 heavy (non-hydrogen) atoms. The second kappa shape index (κ2) is 9.67. The van der Waals surface area contributed by atoms with Gasteiger partial charge in [-0.2, -0.15) is 13.2 Å². The van der Waals surface area contributed by atoms with Crippen LogP contribution in [0.2, 0.25) is 0 Å². The summed E-state index contributed by atoms with van der Waals surface area (Å²) < 4.78 is 39.6. The zero-order chi connectivity index (χ0) is 23.5. The average molecular weight is 450 g/mol. The molecular formula is C23H30F3N5O. The first-order chi connectivity index (χ1) is 15.0. The molecule has 0 unspecified atom stereocenters. The Labute approximate surface area is 186 Å². The first-order valence-electron chi connectivity index (χ1n) is 10.6. The lowest BCUT2D eigenvalue weighted by Gasteiger charge is -2.30. The minimum absolute atomic E-state index is 0.0426. The zero-order valence-corrected chi connectivity index (χ0v) is 18.8. The predicted molar refractivity (Wildman–Crippen MR) is 121 cm³/mol. The van der Waals surface area contributed by atoms with Crippen LogP contribution in [-0.4, -0.2) is 51.2 Å². The maximum absolute atomic E-state index is 13.2. The number of rotatable bonds is 6. The quantitative estimate of drug-likeness (QED) is 0.685. The Morgan fingerprint density at radius 1 is 0.938 bits per heavy atom. The van der Waals surface area contributed by atoms with Gasteiger partial charge in [-0.15, -0.1) is 0 Å². The van der Waals surface area contributed by atoms with Crippen LogP contribution in [-0.2, 0) is 6.18 Å². The van der Waals surface area contributed by atoms with Crippen LogP contribution in [0.4, 0.5) is 30.4 Å². The maximum Gasteiger partial charge on any atom is 0.433 e. The number of carbonyl (C=O) groups excluding carboxylic acids is 1. The highest BCUT2D eigenvalue weighted by Gasteiger charge is 2.34. The van der Waals surface area contributed by atoms with E-state index in [0.717, 1.165) is 37.4 Å². The number of nitrogens with zero attached hydrogens (tertiary/aromatic N) is 3. The van der Waals surface area contributed by atoms with Crippen LogP contribution in [0.25, 0.3) is 0 Å². The van der Waals surface area contributed by atoms with Gasteiger partial charge >= 0.3 is 6.18 Å². The van der Waals surface area contributed by atoms with Crippen LogP contribution in [0, 0.1) is 0 Å². The Kier molecular flexibility index (Phi) is 7.16. The largest absolute Gasteiger partial charge is 0.433 e. The molecule has 1 aliphatic carbocycles. The lowest BCUT2D eigenvalue weighted by molar-refractivity contribution is -0.141. The van der Waals surface area contributed by atoms with Gasteiger partial charge in [0, 0.05) is 63.3 Å². The number of alkyl halides is 3. The van der Waals surface area contributed by atoms with Crippen LogP contribution in [0.3, 0.4) is 0 Å². The van der Waals surface area contributed by atoms with Gasteiger partial charge in [0.1, 0.15) is 11.5 Å². The zero-order valence-electron chi connectivity index (χ0n) is 18.8. The van der Waals surface area contributed by atoms with Crippen LogP contribution in [0.5, 0.6) is 0 Å². The van der Waals surface area contributed by atoms with E-state index in [1.54, 1.807) is 25.1 Å². The maximum atomic E-state index is 13.2. The van der Waals surface area contributed by atoms with Crippen LogP contribution < -0.4 is 20.4 Å². The molecule has 1 heterocycles. The van der Waals surface area contributed by atoms with Crippen molar-refractivity contribution in [2.45, 2.75) is 43.9 Å². The first kappa shape index (κ1) is 23.7. The minimum Gasteiger partial charge on any atom is -0.382 e. The molecule has 1 amide bonds. The molecule has 0 atom stereocenters. The van der Waals surface area contributed by atoms with E-state index in [9.17, 15) is 18.0 Å². The molecule has 1 aliphatic rings. The summed E-state index contributed by atoms with van der Waals surface area (Å²) in [6.45, 7) is 0. The molecule has 0 aliphatic heterocycles. The summed E-state index contributed by atoms with van der Waals surface area (Å²) in [7, 11) is 7.21. The van der Waals surface area contributed by atoms with Crippen molar-refractivity contribution >= 4 is 23.1 Å². The van der Waals surface area contributed by atoms with Crippen molar-refractivity contribution in [2.75, 3.05) is 43.3 Å². The molecule has 0 radical (unpaired) electrons. The number of anilines is 3. The lowest BCUT2D eigenvalue weighted by Crippen LogP contribution is -2.40.